The van der Waals surface area contributed by atoms with E-state index in [0.717, 1.165) is 0 Å². The van der Waals surface area contributed by atoms with Crippen LogP contribution in [0.3, 0.4) is 0 Å². The summed E-state index contributed by atoms with van der Waals surface area (Å²) in [5.74, 6) is 0.369. The van der Waals surface area contributed by atoms with E-state index in [4.69, 9.17) is 16.4 Å². The normalized spacial score (nSPS) is 23.3. The van der Waals surface area contributed by atoms with Gasteiger partial charge in [0.25, 0.3) is 0 Å². The van der Waals surface area contributed by atoms with Crippen molar-refractivity contribution >= 4 is 26.5 Å². The minimum atomic E-state index is -4.23. The number of halogens is 2. The molecule has 0 bridgehead atoms. The number of aryl methyl sites for hydroxylation is 2. The predicted molar refractivity (Wildman–Crippen MR) is 70.7 cm³/mol. The van der Waals surface area contributed by atoms with E-state index >= 15 is 0 Å². The molecule has 2 heterocycles. The topological polar surface area (TPSA) is 86.4 Å². The van der Waals surface area contributed by atoms with E-state index in [1.54, 1.807) is 6.92 Å². The Labute approximate surface area is 120 Å². The van der Waals surface area contributed by atoms with Gasteiger partial charge in [-0.3, -0.25) is 4.68 Å². The fourth-order valence-corrected chi connectivity index (χ4v) is 3.59. The molecule has 2 unspecified atom stereocenters. The van der Waals surface area contributed by atoms with Crippen molar-refractivity contribution in [3.8, 4) is 0 Å². The van der Waals surface area contributed by atoms with Gasteiger partial charge >= 0.3 is 0 Å². The summed E-state index contributed by atoms with van der Waals surface area (Å²) in [6.07, 6.45) is -1.89. The maximum atomic E-state index is 14.1. The molecule has 0 aromatic carbocycles. The molecule has 1 aliphatic rings. The molecule has 2 atom stereocenters. The third-order valence-electron chi connectivity index (χ3n) is 2.87. The summed E-state index contributed by atoms with van der Waals surface area (Å²) in [6, 6.07) is 0. The number of oxime groups is 1. The lowest BCUT2D eigenvalue weighted by Crippen LogP contribution is -2.38. The second kappa shape index (κ2) is 4.66. The van der Waals surface area contributed by atoms with Crippen molar-refractivity contribution in [2.24, 2.45) is 12.2 Å². The number of nitrogens with zero attached hydrogens (tertiary/aromatic N) is 4. The van der Waals surface area contributed by atoms with Gasteiger partial charge in [-0.15, -0.1) is 0 Å². The molecule has 0 fully saturated rings. The summed E-state index contributed by atoms with van der Waals surface area (Å²) >= 11 is 5.94. The Balaban J connectivity index is 2.39. The van der Waals surface area contributed by atoms with Crippen molar-refractivity contribution < 1.29 is 17.6 Å². The maximum Gasteiger partial charge on any atom is 0.222 e. The minimum absolute atomic E-state index is 0.00349. The van der Waals surface area contributed by atoms with Gasteiger partial charge in [0.2, 0.25) is 14.9 Å². The first kappa shape index (κ1) is 15.2. The van der Waals surface area contributed by atoms with Crippen molar-refractivity contribution in [3.05, 3.63) is 11.6 Å². The van der Waals surface area contributed by atoms with E-state index in [1.165, 1.54) is 25.6 Å². The van der Waals surface area contributed by atoms with Gasteiger partial charge in [0.1, 0.15) is 5.82 Å². The molecule has 1 aromatic rings. The highest BCUT2D eigenvalue weighted by Gasteiger charge is 2.50. The molecule has 20 heavy (non-hydrogen) atoms. The quantitative estimate of drug-likeness (QED) is 0.764. The molecule has 0 radical (unpaired) electrons. The lowest BCUT2D eigenvalue weighted by atomic mass is 10.1. The monoisotopic (exact) mass is 324 g/mol. The Kier molecular flexibility index (Phi) is 3.53. The fraction of sp³-hybridized carbons (Fsp3) is 0.700. The van der Waals surface area contributed by atoms with Crippen LogP contribution in [0, 0.1) is 6.92 Å². The second-order valence-electron chi connectivity index (χ2n) is 4.99. The highest BCUT2D eigenvalue weighted by molar-refractivity contribution is 8.07. The Morgan fingerprint density at radius 1 is 1.50 bits per heavy atom. The highest BCUT2D eigenvalue weighted by atomic mass is 35.5. The third-order valence-corrected chi connectivity index (χ3v) is 5.39. The van der Waals surface area contributed by atoms with Crippen LogP contribution in [0.25, 0.3) is 0 Å². The molecule has 112 valence electrons. The molecule has 0 amide bonds. The summed E-state index contributed by atoms with van der Waals surface area (Å²) < 4.78 is 38.4. The van der Waals surface area contributed by atoms with E-state index in [9.17, 15) is 12.8 Å². The molecule has 0 saturated carbocycles. The zero-order chi connectivity index (χ0) is 15.3. The molecule has 10 heteroatoms. The molecule has 7 nitrogen and oxygen atoms in total. The molecular formula is C10H14ClFN4O3S. The van der Waals surface area contributed by atoms with E-state index in [-0.39, 0.29) is 5.82 Å². The van der Waals surface area contributed by atoms with Gasteiger partial charge in [-0.1, -0.05) is 16.8 Å². The third kappa shape index (κ3) is 2.28. The Morgan fingerprint density at radius 2 is 2.10 bits per heavy atom. The second-order valence-corrected chi connectivity index (χ2v) is 7.66. The van der Waals surface area contributed by atoms with E-state index < -0.39 is 31.4 Å². The van der Waals surface area contributed by atoms with Crippen LogP contribution in [0.1, 0.15) is 30.2 Å². The zero-order valence-electron chi connectivity index (χ0n) is 11.3. The van der Waals surface area contributed by atoms with Crippen LogP contribution in [0.2, 0.25) is 0 Å². The molecular weight excluding hydrogens is 311 g/mol. The highest BCUT2D eigenvalue weighted by Crippen LogP contribution is 2.35. The smallest absolute Gasteiger partial charge is 0.222 e. The Bertz CT molecular complexity index is 670. The van der Waals surface area contributed by atoms with Gasteiger partial charge in [0.05, 0.1) is 0 Å². The van der Waals surface area contributed by atoms with E-state index in [2.05, 4.69) is 15.2 Å². The number of hydrogen-bond donors (Lipinski definition) is 0. The van der Waals surface area contributed by atoms with Gasteiger partial charge in [0, 0.05) is 7.05 Å². The van der Waals surface area contributed by atoms with Crippen LogP contribution in [-0.2, 0) is 21.7 Å². The van der Waals surface area contributed by atoms with Gasteiger partial charge in [-0.25, -0.2) is 17.8 Å². The maximum absolute atomic E-state index is 14.1. The molecule has 0 spiro atoms. The molecule has 0 N–H and O–H groups in total. The molecule has 0 saturated heterocycles. The first-order valence-electron chi connectivity index (χ1n) is 5.73. The molecule has 1 aromatic heterocycles. The zero-order valence-corrected chi connectivity index (χ0v) is 12.9. The van der Waals surface area contributed by atoms with Crippen molar-refractivity contribution in [2.45, 2.75) is 37.3 Å². The van der Waals surface area contributed by atoms with Gasteiger partial charge in [-0.2, -0.15) is 5.10 Å². The van der Waals surface area contributed by atoms with Crippen molar-refractivity contribution in [2.75, 3.05) is 0 Å². The van der Waals surface area contributed by atoms with Crippen LogP contribution in [0.15, 0.2) is 5.16 Å². The van der Waals surface area contributed by atoms with Crippen LogP contribution in [-0.4, -0.2) is 40.0 Å². The van der Waals surface area contributed by atoms with E-state index in [1.807, 2.05) is 0 Å². The SMILES string of the molecule is Cc1nc(C(Cl)S(=O)(=O)C2=NOC(C)(C)C2F)n(C)n1. The fourth-order valence-electron chi connectivity index (χ4n) is 1.72. The first-order chi connectivity index (χ1) is 9.07. The number of hydrogen-bond acceptors (Lipinski definition) is 6. The summed E-state index contributed by atoms with van der Waals surface area (Å²) in [5, 5.41) is 6.53. The van der Waals surface area contributed by atoms with Crippen LogP contribution >= 0.6 is 11.6 Å². The largest absolute Gasteiger partial charge is 0.385 e. The van der Waals surface area contributed by atoms with Crippen molar-refractivity contribution in [3.63, 3.8) is 0 Å². The van der Waals surface area contributed by atoms with Crippen LogP contribution in [0.5, 0.6) is 0 Å². The summed E-state index contributed by atoms with van der Waals surface area (Å²) in [6.45, 7) is 4.40. The Hall–Kier alpha value is -1.22. The van der Waals surface area contributed by atoms with Gasteiger partial charge in [-0.05, 0) is 20.8 Å². The summed E-state index contributed by atoms with van der Waals surface area (Å²) in [5.41, 5.74) is -1.34. The van der Waals surface area contributed by atoms with E-state index in [0.29, 0.717) is 5.82 Å². The van der Waals surface area contributed by atoms with Crippen molar-refractivity contribution in [1.29, 1.82) is 0 Å². The molecule has 1 aliphatic heterocycles. The van der Waals surface area contributed by atoms with Gasteiger partial charge < -0.3 is 4.84 Å². The molecule has 0 aliphatic carbocycles. The average molecular weight is 325 g/mol. The number of sulfone groups is 1. The summed E-state index contributed by atoms with van der Waals surface area (Å²) in [4.78, 5) is 8.74. The Morgan fingerprint density at radius 3 is 2.50 bits per heavy atom. The minimum Gasteiger partial charge on any atom is -0.385 e. The number of rotatable bonds is 2. The van der Waals surface area contributed by atoms with Crippen LogP contribution < -0.4 is 0 Å². The average Bonchev–Trinajstić information content (AvgIpc) is 2.79. The first-order valence-corrected chi connectivity index (χ1v) is 7.71. The summed E-state index contributed by atoms with van der Waals surface area (Å²) in [7, 11) is -2.73. The van der Waals surface area contributed by atoms with Crippen LogP contribution in [0.4, 0.5) is 4.39 Å². The number of alkyl halides is 2. The molecule has 2 rings (SSSR count). The lowest BCUT2D eigenvalue weighted by Gasteiger charge is -2.18. The van der Waals surface area contributed by atoms with Crippen molar-refractivity contribution in [1.82, 2.24) is 14.8 Å². The predicted octanol–water partition coefficient (Wildman–Crippen LogP) is 1.24. The number of aromatic nitrogens is 3. The standard InChI is InChI=1S/C10H14ClFN4O3S/c1-5-13-8(16(4)14-5)7(11)20(17,18)9-6(12)10(2,3)19-15-9/h6-7H,1-4H3. The lowest BCUT2D eigenvalue weighted by molar-refractivity contribution is -0.0232. The van der Waals surface area contributed by atoms with Gasteiger partial charge in [0.15, 0.2) is 22.3 Å².